The highest BCUT2D eigenvalue weighted by atomic mass is 16.5. The Labute approximate surface area is 168 Å². The fourth-order valence-electron chi connectivity index (χ4n) is 3.29. The first-order valence-electron chi connectivity index (χ1n) is 9.90. The maximum Gasteiger partial charge on any atom is 0.245 e. The second-order valence-corrected chi connectivity index (χ2v) is 7.88. The Bertz CT molecular complexity index is 689. The molecule has 0 unspecified atom stereocenters. The van der Waals surface area contributed by atoms with Crippen molar-refractivity contribution in [2.24, 2.45) is 5.92 Å². The molecule has 1 aliphatic rings. The highest BCUT2D eigenvalue weighted by Crippen LogP contribution is 2.18. The van der Waals surface area contributed by atoms with E-state index in [1.165, 1.54) is 0 Å². The van der Waals surface area contributed by atoms with Gasteiger partial charge in [0.2, 0.25) is 11.8 Å². The number of nitrogens with one attached hydrogen (secondary N) is 1. The van der Waals surface area contributed by atoms with Gasteiger partial charge in [-0.3, -0.25) is 9.59 Å². The maximum absolute atomic E-state index is 13.0. The zero-order valence-corrected chi connectivity index (χ0v) is 17.7. The molecule has 1 fully saturated rings. The molecule has 1 aromatic rings. The molecule has 0 aliphatic carbocycles. The van der Waals surface area contributed by atoms with E-state index >= 15 is 0 Å². The number of benzene rings is 1. The lowest BCUT2D eigenvalue weighted by molar-refractivity contribution is -0.137. The standard InChI is InChI=1S/C22H33N3O3/c1-16(2)14-20(22(27)25-12-10-24(4)11-13-25)23-21(26)15-17(3)18-6-8-19(28-5)9-7-18/h6-9,15-16,20H,10-14H2,1-5H3,(H,23,26)/b17-15+/t20-/m0/s1. The highest BCUT2D eigenvalue weighted by Gasteiger charge is 2.28. The van der Waals surface area contributed by atoms with Gasteiger partial charge in [0.25, 0.3) is 0 Å². The van der Waals surface area contributed by atoms with Crippen molar-refractivity contribution < 1.29 is 14.3 Å². The van der Waals surface area contributed by atoms with Crippen LogP contribution in [0.1, 0.15) is 32.8 Å². The van der Waals surface area contributed by atoms with Crippen molar-refractivity contribution in [2.75, 3.05) is 40.3 Å². The Hall–Kier alpha value is -2.34. The zero-order chi connectivity index (χ0) is 20.7. The van der Waals surface area contributed by atoms with Crippen LogP contribution in [0.15, 0.2) is 30.3 Å². The van der Waals surface area contributed by atoms with Gasteiger partial charge in [0, 0.05) is 32.3 Å². The molecule has 0 bridgehead atoms. The molecule has 1 atom stereocenters. The molecule has 1 aromatic carbocycles. The number of hydrogen-bond donors (Lipinski definition) is 1. The summed E-state index contributed by atoms with van der Waals surface area (Å²) < 4.78 is 5.17. The minimum absolute atomic E-state index is 0.0191. The van der Waals surface area contributed by atoms with Crippen molar-refractivity contribution in [2.45, 2.75) is 33.2 Å². The number of amides is 2. The largest absolute Gasteiger partial charge is 0.497 e. The molecule has 1 heterocycles. The fourth-order valence-corrected chi connectivity index (χ4v) is 3.29. The van der Waals surface area contributed by atoms with Crippen molar-refractivity contribution in [1.82, 2.24) is 15.1 Å². The van der Waals surface area contributed by atoms with Crippen LogP contribution in [0, 0.1) is 5.92 Å². The van der Waals surface area contributed by atoms with Gasteiger partial charge >= 0.3 is 0 Å². The normalized spacial score (nSPS) is 16.8. The van der Waals surface area contributed by atoms with Crippen molar-refractivity contribution in [1.29, 1.82) is 0 Å². The molecule has 1 saturated heterocycles. The first-order valence-corrected chi connectivity index (χ1v) is 9.90. The van der Waals surface area contributed by atoms with Gasteiger partial charge in [0.15, 0.2) is 0 Å². The van der Waals surface area contributed by atoms with Gasteiger partial charge in [-0.05, 0) is 49.6 Å². The highest BCUT2D eigenvalue weighted by molar-refractivity contribution is 5.97. The number of likely N-dealkylation sites (N-methyl/N-ethyl adjacent to an activating group) is 1. The number of methoxy groups -OCH3 is 1. The summed E-state index contributed by atoms with van der Waals surface area (Å²) in [5, 5.41) is 2.94. The molecule has 0 aromatic heterocycles. The van der Waals surface area contributed by atoms with E-state index in [1.807, 2.05) is 36.1 Å². The Morgan fingerprint density at radius 1 is 1.14 bits per heavy atom. The summed E-state index contributed by atoms with van der Waals surface area (Å²) in [7, 11) is 3.68. The van der Waals surface area contributed by atoms with Crippen molar-refractivity contribution in [3.05, 3.63) is 35.9 Å². The molecule has 6 heteroatoms. The zero-order valence-electron chi connectivity index (χ0n) is 17.7. The lowest BCUT2D eigenvalue weighted by atomic mass is 10.0. The van der Waals surface area contributed by atoms with E-state index in [9.17, 15) is 9.59 Å². The van der Waals surface area contributed by atoms with Crippen LogP contribution in [-0.2, 0) is 9.59 Å². The van der Waals surface area contributed by atoms with E-state index < -0.39 is 6.04 Å². The van der Waals surface area contributed by atoms with Crippen LogP contribution in [0.3, 0.4) is 0 Å². The smallest absolute Gasteiger partial charge is 0.245 e. The van der Waals surface area contributed by atoms with E-state index in [4.69, 9.17) is 4.74 Å². The van der Waals surface area contributed by atoms with Gasteiger partial charge in [-0.1, -0.05) is 26.0 Å². The molecule has 1 aliphatic heterocycles. The molecule has 154 valence electrons. The first kappa shape index (κ1) is 22.0. The number of ether oxygens (including phenoxy) is 1. The third kappa shape index (κ3) is 6.37. The summed E-state index contributed by atoms with van der Waals surface area (Å²) in [5.74, 6) is 0.872. The van der Waals surface area contributed by atoms with E-state index in [2.05, 4.69) is 31.1 Å². The SMILES string of the molecule is COc1ccc(/C(C)=C/C(=O)N[C@@H](CC(C)C)C(=O)N2CCN(C)CC2)cc1. The van der Waals surface area contributed by atoms with E-state index in [1.54, 1.807) is 13.2 Å². The summed E-state index contributed by atoms with van der Waals surface area (Å²) in [4.78, 5) is 29.6. The lowest BCUT2D eigenvalue weighted by Gasteiger charge is -2.35. The first-order chi connectivity index (χ1) is 13.3. The summed E-state index contributed by atoms with van der Waals surface area (Å²) in [6, 6.07) is 7.07. The second-order valence-electron chi connectivity index (χ2n) is 7.88. The number of hydrogen-bond acceptors (Lipinski definition) is 4. The third-order valence-corrected chi connectivity index (χ3v) is 5.03. The Balaban J connectivity index is 2.05. The second kappa shape index (κ2) is 10.3. The number of piperazine rings is 1. The fraction of sp³-hybridized carbons (Fsp3) is 0.545. The monoisotopic (exact) mass is 387 g/mol. The average Bonchev–Trinajstić information content (AvgIpc) is 2.67. The van der Waals surface area contributed by atoms with Crippen LogP contribution >= 0.6 is 0 Å². The molecule has 0 spiro atoms. The average molecular weight is 388 g/mol. The number of rotatable bonds is 7. The predicted octanol–water partition coefficient (Wildman–Crippen LogP) is 2.40. The number of carbonyl (C=O) groups excluding carboxylic acids is 2. The van der Waals surface area contributed by atoms with Crippen LogP contribution in [0.4, 0.5) is 0 Å². The van der Waals surface area contributed by atoms with Gasteiger partial charge in [-0.15, -0.1) is 0 Å². The van der Waals surface area contributed by atoms with Crippen LogP contribution in [-0.4, -0.2) is 68.0 Å². The molecule has 28 heavy (non-hydrogen) atoms. The van der Waals surface area contributed by atoms with Gasteiger partial charge in [-0.2, -0.15) is 0 Å². The van der Waals surface area contributed by atoms with Crippen molar-refractivity contribution >= 4 is 17.4 Å². The van der Waals surface area contributed by atoms with Gasteiger partial charge < -0.3 is 19.9 Å². The Kier molecular flexibility index (Phi) is 8.05. The van der Waals surface area contributed by atoms with Crippen molar-refractivity contribution in [3.8, 4) is 5.75 Å². The van der Waals surface area contributed by atoms with Gasteiger partial charge in [0.05, 0.1) is 7.11 Å². The molecule has 2 amide bonds. The van der Waals surface area contributed by atoms with Crippen molar-refractivity contribution in [3.63, 3.8) is 0 Å². The summed E-state index contributed by atoms with van der Waals surface area (Å²) in [6.07, 6.45) is 2.19. The molecule has 0 saturated carbocycles. The molecular weight excluding hydrogens is 354 g/mol. The summed E-state index contributed by atoms with van der Waals surface area (Å²) in [6.45, 7) is 9.17. The quantitative estimate of drug-likeness (QED) is 0.730. The van der Waals surface area contributed by atoms with Crippen LogP contribution in [0.2, 0.25) is 0 Å². The third-order valence-electron chi connectivity index (χ3n) is 5.03. The van der Waals surface area contributed by atoms with Crippen LogP contribution < -0.4 is 10.1 Å². The Morgan fingerprint density at radius 2 is 1.75 bits per heavy atom. The summed E-state index contributed by atoms with van der Waals surface area (Å²) in [5.41, 5.74) is 1.79. The van der Waals surface area contributed by atoms with Crippen LogP contribution in [0.25, 0.3) is 5.57 Å². The molecule has 1 N–H and O–H groups in total. The number of nitrogens with zero attached hydrogens (tertiary/aromatic N) is 2. The minimum Gasteiger partial charge on any atom is -0.497 e. The summed E-state index contributed by atoms with van der Waals surface area (Å²) >= 11 is 0. The molecule has 2 rings (SSSR count). The molecule has 6 nitrogen and oxygen atoms in total. The van der Waals surface area contributed by atoms with Crippen LogP contribution in [0.5, 0.6) is 5.75 Å². The van der Waals surface area contributed by atoms with E-state index in [0.717, 1.165) is 30.0 Å². The molecular formula is C22H33N3O3. The van der Waals surface area contributed by atoms with Gasteiger partial charge in [-0.25, -0.2) is 0 Å². The maximum atomic E-state index is 13.0. The predicted molar refractivity (Wildman–Crippen MR) is 112 cm³/mol. The van der Waals surface area contributed by atoms with E-state index in [0.29, 0.717) is 25.4 Å². The molecule has 0 radical (unpaired) electrons. The number of carbonyl (C=O) groups is 2. The van der Waals surface area contributed by atoms with Gasteiger partial charge in [0.1, 0.15) is 11.8 Å². The van der Waals surface area contributed by atoms with E-state index in [-0.39, 0.29) is 11.8 Å². The minimum atomic E-state index is -0.490. The topological polar surface area (TPSA) is 61.9 Å². The Morgan fingerprint density at radius 3 is 2.29 bits per heavy atom. The lowest BCUT2D eigenvalue weighted by Crippen LogP contribution is -2.54. The number of allylic oxidation sites excluding steroid dienone is 1.